The summed E-state index contributed by atoms with van der Waals surface area (Å²) in [5, 5.41) is 17.1. The zero-order chi connectivity index (χ0) is 59.8. The van der Waals surface area contributed by atoms with Gasteiger partial charge in [-0.3, -0.25) is 19.3 Å². The fraction of sp³-hybridized carbons (Fsp3) is 0.145. The van der Waals surface area contributed by atoms with Crippen molar-refractivity contribution < 1.29 is 33.5 Å². The largest absolute Gasteiger partial charge is 0.461 e. The first kappa shape index (κ1) is 59.2. The number of thiazole rings is 1. The van der Waals surface area contributed by atoms with E-state index in [9.17, 15) is 19.2 Å². The van der Waals surface area contributed by atoms with E-state index in [0.29, 0.717) is 27.6 Å². The number of hydrazone groups is 1. The van der Waals surface area contributed by atoms with Crippen molar-refractivity contribution in [3.05, 3.63) is 310 Å². The van der Waals surface area contributed by atoms with E-state index >= 15 is 0 Å². The molecule has 0 aliphatic carbocycles. The molecule has 87 heavy (non-hydrogen) atoms. The highest BCUT2D eigenvalue weighted by molar-refractivity contribution is 8.12. The number of nitrogens with zero attached hydrogens (tertiary/aromatic N) is 4. The summed E-state index contributed by atoms with van der Waals surface area (Å²) in [5.74, 6) is -2.08. The van der Waals surface area contributed by atoms with Gasteiger partial charge in [0, 0.05) is 29.4 Å². The molecule has 8 aromatic carbocycles. The molecule has 0 radical (unpaired) electrons. The van der Waals surface area contributed by atoms with Crippen molar-refractivity contribution in [2.75, 3.05) is 30.0 Å². The van der Waals surface area contributed by atoms with E-state index in [-0.39, 0.29) is 36.1 Å². The molecule has 1 aromatic heterocycles. The molecule has 2 amide bonds. The van der Waals surface area contributed by atoms with Gasteiger partial charge in [0.15, 0.2) is 16.9 Å². The zero-order valence-electron chi connectivity index (χ0n) is 47.2. The van der Waals surface area contributed by atoms with Gasteiger partial charge in [-0.15, -0.1) is 34.9 Å². The lowest BCUT2D eigenvalue weighted by molar-refractivity contribution is -0.154. The Bertz CT molecular complexity index is 3640. The molecule has 2 atom stereocenters. The highest BCUT2D eigenvalue weighted by atomic mass is 32.2. The number of rotatable bonds is 25. The summed E-state index contributed by atoms with van der Waals surface area (Å²) in [4.78, 5) is 68.5. The van der Waals surface area contributed by atoms with Crippen LogP contribution in [0.5, 0.6) is 0 Å². The highest BCUT2D eigenvalue weighted by Gasteiger charge is 2.55. The van der Waals surface area contributed by atoms with Crippen LogP contribution in [0.2, 0.25) is 0 Å². The summed E-state index contributed by atoms with van der Waals surface area (Å²) >= 11 is 3.96. The quantitative estimate of drug-likeness (QED) is 0.00807. The summed E-state index contributed by atoms with van der Waals surface area (Å²) in [7, 11) is 0. The first-order chi connectivity index (χ1) is 42.7. The predicted octanol–water partition coefficient (Wildman–Crippen LogP) is 11.6. The zero-order valence-corrected chi connectivity index (χ0v) is 49.6. The monoisotopic (exact) mass is 1210 g/mol. The molecule has 18 heteroatoms. The van der Waals surface area contributed by atoms with Crippen LogP contribution in [0.3, 0.4) is 0 Å². The van der Waals surface area contributed by atoms with Crippen molar-refractivity contribution in [1.29, 1.82) is 0 Å². The summed E-state index contributed by atoms with van der Waals surface area (Å²) in [5.41, 5.74) is 14.2. The summed E-state index contributed by atoms with van der Waals surface area (Å²) in [6.07, 6.45) is -0.832. The number of fused-ring (bicyclic) bond motifs is 1. The van der Waals surface area contributed by atoms with E-state index in [2.05, 4.69) is 105 Å². The number of oxime groups is 1. The molecule has 1 fully saturated rings. The third kappa shape index (κ3) is 13.1. The maximum atomic E-state index is 14.9. The average Bonchev–Trinajstić information content (AvgIpc) is 1.06. The normalized spacial score (nSPS) is 15.1. The van der Waals surface area contributed by atoms with Crippen molar-refractivity contribution in [3.63, 3.8) is 0 Å². The van der Waals surface area contributed by atoms with Crippen LogP contribution >= 0.6 is 34.9 Å². The minimum Gasteiger partial charge on any atom is -0.461 e. The molecule has 436 valence electrons. The lowest BCUT2D eigenvalue weighted by atomic mass is 9.77. The molecule has 1 unspecified atom stereocenters. The molecular formula is C69H60N8O7S3. The SMILES string of the molecule is CC(=O)OCC1=C(C(=O)OC(c2ccccc2)c2ccccc2)N2C(=O)C(NC(=O)C(=NOCCSC=NNNC(c3ccccc3)(c3ccccc3)c3ccccc3)c3csc(NC(c4ccccc4)(c4ccccc4)c4ccccc4)n3)[C@H]2SC1. The van der Waals surface area contributed by atoms with Gasteiger partial charge in [-0.05, 0) is 44.5 Å². The molecule has 0 spiro atoms. The molecule has 2 aliphatic heterocycles. The maximum absolute atomic E-state index is 14.9. The second-order valence-electron chi connectivity index (χ2n) is 20.2. The lowest BCUT2D eigenvalue weighted by Crippen LogP contribution is -2.71. The second kappa shape index (κ2) is 28.1. The van der Waals surface area contributed by atoms with Crippen LogP contribution in [-0.4, -0.2) is 81.0 Å². The van der Waals surface area contributed by atoms with Crippen molar-refractivity contribution in [2.45, 2.75) is 35.5 Å². The van der Waals surface area contributed by atoms with Crippen LogP contribution in [-0.2, 0) is 44.6 Å². The standard InChI is InChI=1S/C69H60N8O7S3/c1-48(78)82-44-51-45-86-65-60(64(80)77(65)61(51)66(81)84-62(49-26-10-2-11-27-49)50-28-12-3-13-29-50)72-63(79)59(58-46-87-67(71-58)73-68(52-30-14-4-15-31-52,53-32-16-5-17-33-53)54-34-18-6-19-35-54)74-83-42-43-85-47-70-76-75-69(55-36-20-7-21-37-55,56-38-22-8-23-39-56)57-40-24-9-25-41-57/h2-41,46-47,60,62,65,75-76H,42-45H2,1H3,(H,71,73)(H,72,79)/t60?,65-/m1/s1. The average molecular weight is 1210 g/mol. The van der Waals surface area contributed by atoms with Gasteiger partial charge in [-0.25, -0.2) is 20.7 Å². The molecule has 2 aliphatic rings. The Balaban J connectivity index is 0.849. The van der Waals surface area contributed by atoms with Crippen molar-refractivity contribution in [3.8, 4) is 0 Å². The highest BCUT2D eigenvalue weighted by Crippen LogP contribution is 2.44. The van der Waals surface area contributed by atoms with E-state index in [1.807, 2.05) is 170 Å². The molecule has 11 rings (SSSR count). The molecule has 0 bridgehead atoms. The number of carbonyl (C=O) groups is 4. The molecule has 15 nitrogen and oxygen atoms in total. The van der Waals surface area contributed by atoms with Crippen LogP contribution < -0.4 is 21.6 Å². The van der Waals surface area contributed by atoms with Crippen molar-refractivity contribution >= 4 is 75.0 Å². The van der Waals surface area contributed by atoms with Gasteiger partial charge in [0.2, 0.25) is 0 Å². The van der Waals surface area contributed by atoms with Crippen LogP contribution in [0.4, 0.5) is 5.13 Å². The number of anilines is 1. The maximum Gasteiger partial charge on any atom is 0.356 e. The van der Waals surface area contributed by atoms with Gasteiger partial charge in [0.25, 0.3) is 11.8 Å². The first-order valence-electron chi connectivity index (χ1n) is 28.1. The Morgan fingerprint density at radius 1 is 0.667 bits per heavy atom. The van der Waals surface area contributed by atoms with Gasteiger partial charge in [-0.1, -0.05) is 248 Å². The second-order valence-corrected chi connectivity index (χ2v) is 23.1. The number of ether oxygens (including phenoxy) is 2. The van der Waals surface area contributed by atoms with E-state index in [1.165, 1.54) is 46.7 Å². The Morgan fingerprint density at radius 3 is 1.60 bits per heavy atom. The molecular weight excluding hydrogens is 1150 g/mol. The topological polar surface area (TPSA) is 185 Å². The van der Waals surface area contributed by atoms with Crippen LogP contribution in [0, 0.1) is 0 Å². The summed E-state index contributed by atoms with van der Waals surface area (Å²) in [6.45, 7) is 1.08. The Labute approximate surface area is 516 Å². The number of hydrogen-bond acceptors (Lipinski definition) is 16. The van der Waals surface area contributed by atoms with E-state index in [4.69, 9.17) is 19.3 Å². The molecule has 3 heterocycles. The van der Waals surface area contributed by atoms with Crippen molar-refractivity contribution in [1.82, 2.24) is 26.2 Å². The number of benzene rings is 8. The Hall–Kier alpha value is -9.59. The number of amides is 2. The third-order valence-corrected chi connectivity index (χ3v) is 17.5. The van der Waals surface area contributed by atoms with Gasteiger partial charge in [0.05, 0.1) is 5.55 Å². The van der Waals surface area contributed by atoms with Gasteiger partial charge in [-0.2, -0.15) is 5.10 Å². The number of aromatic nitrogens is 1. The van der Waals surface area contributed by atoms with Crippen molar-refractivity contribution in [2.24, 2.45) is 10.3 Å². The fourth-order valence-corrected chi connectivity index (χ4v) is 13.2. The molecule has 0 saturated carbocycles. The predicted molar refractivity (Wildman–Crippen MR) is 343 cm³/mol. The summed E-state index contributed by atoms with van der Waals surface area (Å²) in [6, 6.07) is 78.2. The Morgan fingerprint density at radius 2 is 1.13 bits per heavy atom. The minimum absolute atomic E-state index is 0.0477. The molecule has 4 N–H and O–H groups in total. The first-order valence-corrected chi connectivity index (χ1v) is 31.1. The van der Waals surface area contributed by atoms with Gasteiger partial charge < -0.3 is 24.9 Å². The third-order valence-electron chi connectivity index (χ3n) is 14.8. The van der Waals surface area contributed by atoms with E-state index in [0.717, 1.165) is 33.4 Å². The number of carbonyl (C=O) groups excluding carboxylic acids is 4. The van der Waals surface area contributed by atoms with Crippen LogP contribution in [0.25, 0.3) is 0 Å². The van der Waals surface area contributed by atoms with Gasteiger partial charge in [0.1, 0.15) is 47.1 Å². The molecule has 1 saturated heterocycles. The number of esters is 2. The fourth-order valence-electron chi connectivity index (χ4n) is 10.7. The van der Waals surface area contributed by atoms with E-state index < -0.39 is 52.4 Å². The molecule has 9 aromatic rings. The van der Waals surface area contributed by atoms with E-state index in [1.54, 1.807) is 10.9 Å². The minimum atomic E-state index is -1.11. The van der Waals surface area contributed by atoms with Crippen LogP contribution in [0.15, 0.2) is 270 Å². The number of thioether (sulfide) groups is 2. The number of hydrogen-bond donors (Lipinski definition) is 4. The number of β-lactam (4-membered cyclic amide) rings is 1. The Kier molecular flexibility index (Phi) is 19.1. The summed E-state index contributed by atoms with van der Waals surface area (Å²) < 4.78 is 11.7. The van der Waals surface area contributed by atoms with Crippen LogP contribution in [0.1, 0.15) is 63.2 Å². The lowest BCUT2D eigenvalue weighted by Gasteiger charge is -2.49. The van der Waals surface area contributed by atoms with Gasteiger partial charge >= 0.3 is 11.9 Å². The number of nitrogens with one attached hydrogen (secondary N) is 4. The number of hydrazine groups is 1. The smallest absolute Gasteiger partial charge is 0.356 e.